The lowest BCUT2D eigenvalue weighted by molar-refractivity contribution is 0.0950. The summed E-state index contributed by atoms with van der Waals surface area (Å²) < 4.78 is 3.08. The van der Waals surface area contributed by atoms with E-state index in [2.05, 4.69) is 26.2 Å². The molecule has 0 atom stereocenters. The molecule has 0 spiro atoms. The van der Waals surface area contributed by atoms with Gasteiger partial charge in [-0.2, -0.15) is 0 Å². The van der Waals surface area contributed by atoms with Crippen LogP contribution < -0.4 is 5.32 Å². The average molecular weight is 396 g/mol. The molecule has 0 aromatic carbocycles. The summed E-state index contributed by atoms with van der Waals surface area (Å²) in [5.74, 6) is -0.0552. The number of thiophene rings is 1. The molecule has 0 saturated carbocycles. The molecule has 0 unspecified atom stereocenters. The molecule has 0 saturated heterocycles. The van der Waals surface area contributed by atoms with Gasteiger partial charge in [0.15, 0.2) is 5.13 Å². The summed E-state index contributed by atoms with van der Waals surface area (Å²) in [6, 6.07) is 5.91. The Hall–Kier alpha value is -1.44. The fourth-order valence-electron chi connectivity index (χ4n) is 2.32. The fourth-order valence-corrected chi connectivity index (χ4v) is 4.50. The van der Waals surface area contributed by atoms with Gasteiger partial charge >= 0.3 is 0 Å². The van der Waals surface area contributed by atoms with Crippen LogP contribution in [0, 0.1) is 13.8 Å². The van der Waals surface area contributed by atoms with Crippen molar-refractivity contribution in [2.24, 2.45) is 0 Å². The second kappa shape index (κ2) is 6.36. The van der Waals surface area contributed by atoms with Gasteiger partial charge in [-0.05, 0) is 48.0 Å². The SMILES string of the molecule is Cc1cc(C(=O)NCc2ccc(Br)s2)c(C)n1-c1nccs1. The Balaban J connectivity index is 1.80. The molecule has 0 aliphatic rings. The van der Waals surface area contributed by atoms with E-state index in [0.717, 1.165) is 25.2 Å². The first-order chi connectivity index (χ1) is 10.6. The van der Waals surface area contributed by atoms with E-state index in [1.807, 2.05) is 42.0 Å². The molecule has 0 aliphatic heterocycles. The van der Waals surface area contributed by atoms with Crippen LogP contribution in [0.5, 0.6) is 0 Å². The van der Waals surface area contributed by atoms with Gasteiger partial charge in [-0.25, -0.2) is 4.98 Å². The largest absolute Gasteiger partial charge is 0.347 e. The summed E-state index contributed by atoms with van der Waals surface area (Å²) in [4.78, 5) is 17.9. The zero-order valence-corrected chi connectivity index (χ0v) is 15.3. The van der Waals surface area contributed by atoms with Gasteiger partial charge in [0.2, 0.25) is 0 Å². The fraction of sp³-hybridized carbons (Fsp3) is 0.200. The van der Waals surface area contributed by atoms with Crippen LogP contribution in [0.3, 0.4) is 0 Å². The molecule has 22 heavy (non-hydrogen) atoms. The van der Waals surface area contributed by atoms with Gasteiger partial charge in [0.05, 0.1) is 15.9 Å². The van der Waals surface area contributed by atoms with Gasteiger partial charge < -0.3 is 5.32 Å². The van der Waals surface area contributed by atoms with Crippen molar-refractivity contribution in [1.29, 1.82) is 0 Å². The normalized spacial score (nSPS) is 10.9. The van der Waals surface area contributed by atoms with Crippen molar-refractivity contribution in [2.75, 3.05) is 0 Å². The predicted molar refractivity (Wildman–Crippen MR) is 94.1 cm³/mol. The maximum Gasteiger partial charge on any atom is 0.253 e. The van der Waals surface area contributed by atoms with Gasteiger partial charge in [-0.1, -0.05) is 0 Å². The van der Waals surface area contributed by atoms with Crippen molar-refractivity contribution in [1.82, 2.24) is 14.9 Å². The van der Waals surface area contributed by atoms with Crippen LogP contribution in [0.4, 0.5) is 0 Å². The Morgan fingerprint density at radius 2 is 2.23 bits per heavy atom. The van der Waals surface area contributed by atoms with Gasteiger partial charge in [0, 0.05) is 27.8 Å². The third-order valence-electron chi connectivity index (χ3n) is 3.34. The monoisotopic (exact) mass is 395 g/mol. The van der Waals surface area contributed by atoms with E-state index in [1.165, 1.54) is 0 Å². The molecule has 3 rings (SSSR count). The minimum atomic E-state index is -0.0552. The number of amides is 1. The first-order valence-electron chi connectivity index (χ1n) is 6.67. The van der Waals surface area contributed by atoms with Gasteiger partial charge in [0.1, 0.15) is 0 Å². The Bertz CT molecular complexity index is 805. The maximum absolute atomic E-state index is 12.4. The topological polar surface area (TPSA) is 46.9 Å². The van der Waals surface area contributed by atoms with Crippen LogP contribution in [0.25, 0.3) is 5.13 Å². The second-order valence-electron chi connectivity index (χ2n) is 4.82. The lowest BCUT2D eigenvalue weighted by Crippen LogP contribution is -2.22. The number of hydrogen-bond donors (Lipinski definition) is 1. The zero-order valence-electron chi connectivity index (χ0n) is 12.1. The average Bonchev–Trinajstić information content (AvgIpc) is 3.18. The van der Waals surface area contributed by atoms with E-state index in [-0.39, 0.29) is 5.91 Å². The number of carbonyl (C=O) groups is 1. The molecule has 114 valence electrons. The molecule has 4 nitrogen and oxygen atoms in total. The summed E-state index contributed by atoms with van der Waals surface area (Å²) in [5, 5.41) is 5.79. The Morgan fingerprint density at radius 1 is 1.41 bits per heavy atom. The van der Waals surface area contributed by atoms with Crippen LogP contribution in [-0.4, -0.2) is 15.5 Å². The highest BCUT2D eigenvalue weighted by Crippen LogP contribution is 2.23. The van der Waals surface area contributed by atoms with Crippen LogP contribution in [0.1, 0.15) is 26.6 Å². The molecule has 1 N–H and O–H groups in total. The Morgan fingerprint density at radius 3 is 2.86 bits per heavy atom. The van der Waals surface area contributed by atoms with E-state index in [0.29, 0.717) is 12.1 Å². The zero-order chi connectivity index (χ0) is 15.7. The number of rotatable bonds is 4. The van der Waals surface area contributed by atoms with Crippen molar-refractivity contribution in [3.8, 4) is 5.13 Å². The first kappa shape index (κ1) is 15.5. The number of aromatic nitrogens is 2. The number of nitrogens with one attached hydrogen (secondary N) is 1. The molecule has 3 heterocycles. The lowest BCUT2D eigenvalue weighted by Gasteiger charge is -2.06. The molecular weight excluding hydrogens is 382 g/mol. The summed E-state index contributed by atoms with van der Waals surface area (Å²) in [6.07, 6.45) is 1.77. The highest BCUT2D eigenvalue weighted by atomic mass is 79.9. The number of hydrogen-bond acceptors (Lipinski definition) is 4. The van der Waals surface area contributed by atoms with E-state index >= 15 is 0 Å². The number of carbonyl (C=O) groups excluding carboxylic acids is 1. The maximum atomic E-state index is 12.4. The minimum absolute atomic E-state index is 0.0552. The summed E-state index contributed by atoms with van der Waals surface area (Å²) >= 11 is 6.61. The number of halogens is 1. The van der Waals surface area contributed by atoms with Crippen LogP contribution in [-0.2, 0) is 6.54 Å². The van der Waals surface area contributed by atoms with Gasteiger partial charge in [0.25, 0.3) is 5.91 Å². The van der Waals surface area contributed by atoms with Crippen LogP contribution in [0.2, 0.25) is 0 Å². The summed E-state index contributed by atoms with van der Waals surface area (Å²) in [5.41, 5.74) is 2.62. The first-order valence-corrected chi connectivity index (χ1v) is 9.16. The van der Waals surface area contributed by atoms with Gasteiger partial charge in [-0.15, -0.1) is 22.7 Å². The second-order valence-corrected chi connectivity index (χ2v) is 8.24. The molecular formula is C15H14BrN3OS2. The molecule has 7 heteroatoms. The van der Waals surface area contributed by atoms with Crippen LogP contribution in [0.15, 0.2) is 33.6 Å². The molecule has 0 aliphatic carbocycles. The molecule has 0 fully saturated rings. The van der Waals surface area contributed by atoms with Gasteiger partial charge in [-0.3, -0.25) is 9.36 Å². The molecule has 3 aromatic heterocycles. The third kappa shape index (κ3) is 3.02. The minimum Gasteiger partial charge on any atom is -0.347 e. The number of nitrogens with zero attached hydrogens (tertiary/aromatic N) is 2. The highest BCUT2D eigenvalue weighted by molar-refractivity contribution is 9.11. The Labute approximate surface area is 145 Å². The number of aryl methyl sites for hydroxylation is 1. The smallest absolute Gasteiger partial charge is 0.253 e. The predicted octanol–water partition coefficient (Wildman–Crippen LogP) is 4.30. The van der Waals surface area contributed by atoms with Crippen LogP contribution >= 0.6 is 38.6 Å². The van der Waals surface area contributed by atoms with Crippen molar-refractivity contribution in [3.63, 3.8) is 0 Å². The molecule has 0 radical (unpaired) electrons. The summed E-state index contributed by atoms with van der Waals surface area (Å²) in [6.45, 7) is 4.47. The van der Waals surface area contributed by atoms with E-state index in [9.17, 15) is 4.79 Å². The standard InChI is InChI=1S/C15H14BrN3OS2/c1-9-7-12(10(2)19(9)15-17-5-6-21-15)14(20)18-8-11-3-4-13(16)22-11/h3-7H,8H2,1-2H3,(H,18,20). The van der Waals surface area contributed by atoms with Crippen molar-refractivity contribution >= 4 is 44.5 Å². The van der Waals surface area contributed by atoms with E-state index in [4.69, 9.17) is 0 Å². The highest BCUT2D eigenvalue weighted by Gasteiger charge is 2.17. The molecule has 3 aromatic rings. The third-order valence-corrected chi connectivity index (χ3v) is 5.72. The Kier molecular flexibility index (Phi) is 4.46. The lowest BCUT2D eigenvalue weighted by atomic mass is 10.2. The summed E-state index contributed by atoms with van der Waals surface area (Å²) in [7, 11) is 0. The van der Waals surface area contributed by atoms with Crippen molar-refractivity contribution < 1.29 is 4.79 Å². The number of thiazole rings is 1. The van der Waals surface area contributed by atoms with E-state index < -0.39 is 0 Å². The quantitative estimate of drug-likeness (QED) is 0.715. The van der Waals surface area contributed by atoms with E-state index in [1.54, 1.807) is 28.9 Å². The molecule has 0 bridgehead atoms. The van der Waals surface area contributed by atoms with Crippen molar-refractivity contribution in [2.45, 2.75) is 20.4 Å². The van der Waals surface area contributed by atoms with Crippen molar-refractivity contribution in [3.05, 3.63) is 55.4 Å². The molecule has 1 amide bonds.